The van der Waals surface area contributed by atoms with Crippen molar-refractivity contribution in [2.75, 3.05) is 18.9 Å². The minimum Gasteiger partial charge on any atom is -0.380 e. The zero-order valence-corrected chi connectivity index (χ0v) is 10.3. The van der Waals surface area contributed by atoms with Gasteiger partial charge in [-0.2, -0.15) is 0 Å². The van der Waals surface area contributed by atoms with Crippen molar-refractivity contribution in [2.45, 2.75) is 19.9 Å². The molecule has 0 spiro atoms. The second-order valence-electron chi connectivity index (χ2n) is 4.10. The largest absolute Gasteiger partial charge is 0.380 e. The molecule has 2 rings (SSSR count). The third-order valence-corrected chi connectivity index (χ3v) is 2.74. The summed E-state index contributed by atoms with van der Waals surface area (Å²) in [6.45, 7) is 4.71. The molecule has 6 heteroatoms. The minimum absolute atomic E-state index is 0.0808. The smallest absolute Gasteiger partial charge is 0.201 e. The summed E-state index contributed by atoms with van der Waals surface area (Å²) in [5.74, 6) is -1.20. The molecule has 18 heavy (non-hydrogen) atoms. The summed E-state index contributed by atoms with van der Waals surface area (Å²) < 4.78 is 33.7. The minimum atomic E-state index is -0.709. The van der Waals surface area contributed by atoms with E-state index < -0.39 is 11.6 Å². The van der Waals surface area contributed by atoms with Crippen LogP contribution in [0.4, 0.5) is 14.7 Å². The molecule has 0 amide bonds. The molecular formula is C12H15F2N3O. The highest BCUT2D eigenvalue weighted by Gasteiger charge is 2.17. The van der Waals surface area contributed by atoms with Gasteiger partial charge in [-0.25, -0.2) is 13.8 Å². The number of hydrogen-bond donors (Lipinski definition) is 1. The lowest BCUT2D eigenvalue weighted by atomic mass is 10.2. The number of hydrogen-bond acceptors (Lipinski definition) is 3. The SMILES string of the molecule is CCOCC(C)n1c(N)nc2c(F)cc(F)cc21. The van der Waals surface area contributed by atoms with Gasteiger partial charge >= 0.3 is 0 Å². The van der Waals surface area contributed by atoms with Crippen LogP contribution in [0.15, 0.2) is 12.1 Å². The first-order valence-electron chi connectivity index (χ1n) is 5.74. The number of rotatable bonds is 4. The summed E-state index contributed by atoms with van der Waals surface area (Å²) in [7, 11) is 0. The van der Waals surface area contributed by atoms with Crippen LogP contribution in [0, 0.1) is 11.6 Å². The van der Waals surface area contributed by atoms with E-state index in [2.05, 4.69) is 4.98 Å². The third kappa shape index (κ3) is 2.15. The number of ether oxygens (including phenoxy) is 1. The molecule has 2 aromatic rings. The highest BCUT2D eigenvalue weighted by molar-refractivity contribution is 5.79. The van der Waals surface area contributed by atoms with Crippen LogP contribution in [-0.4, -0.2) is 22.8 Å². The Kier molecular flexibility index (Phi) is 3.47. The van der Waals surface area contributed by atoms with E-state index >= 15 is 0 Å². The molecule has 1 aromatic heterocycles. The van der Waals surface area contributed by atoms with Crippen LogP contribution >= 0.6 is 0 Å². The van der Waals surface area contributed by atoms with E-state index in [0.29, 0.717) is 18.7 Å². The average Bonchev–Trinajstić information content (AvgIpc) is 2.63. The molecule has 4 nitrogen and oxygen atoms in total. The standard InChI is InChI=1S/C12H15F2N3O/c1-3-18-6-7(2)17-10-5-8(13)4-9(14)11(10)16-12(17)15/h4-5,7H,3,6H2,1-2H3,(H2,15,16). The Hall–Kier alpha value is -1.69. The van der Waals surface area contributed by atoms with Gasteiger partial charge in [0.25, 0.3) is 0 Å². The van der Waals surface area contributed by atoms with Gasteiger partial charge in [-0.15, -0.1) is 0 Å². The van der Waals surface area contributed by atoms with Crippen molar-refractivity contribution in [2.24, 2.45) is 0 Å². The summed E-state index contributed by atoms with van der Waals surface area (Å²) >= 11 is 0. The Bertz CT molecular complexity index is 568. The van der Waals surface area contributed by atoms with Gasteiger partial charge in [0, 0.05) is 18.7 Å². The van der Waals surface area contributed by atoms with E-state index in [4.69, 9.17) is 10.5 Å². The highest BCUT2D eigenvalue weighted by Crippen LogP contribution is 2.25. The summed E-state index contributed by atoms with van der Waals surface area (Å²) in [5.41, 5.74) is 6.18. The van der Waals surface area contributed by atoms with Crippen molar-refractivity contribution in [3.05, 3.63) is 23.8 Å². The van der Waals surface area contributed by atoms with Crippen molar-refractivity contribution in [1.29, 1.82) is 0 Å². The van der Waals surface area contributed by atoms with Crippen molar-refractivity contribution in [3.8, 4) is 0 Å². The number of fused-ring (bicyclic) bond motifs is 1. The number of nitrogens with two attached hydrogens (primary N) is 1. The molecule has 2 N–H and O–H groups in total. The van der Waals surface area contributed by atoms with Gasteiger partial charge in [0.1, 0.15) is 11.3 Å². The first-order valence-corrected chi connectivity index (χ1v) is 5.74. The summed E-state index contributed by atoms with van der Waals surface area (Å²) in [5, 5.41) is 0. The van der Waals surface area contributed by atoms with Crippen LogP contribution in [0.5, 0.6) is 0 Å². The Labute approximate surface area is 103 Å². The van der Waals surface area contributed by atoms with Gasteiger partial charge in [0.15, 0.2) is 5.82 Å². The predicted molar refractivity (Wildman–Crippen MR) is 65.3 cm³/mol. The topological polar surface area (TPSA) is 53.1 Å². The molecule has 98 valence electrons. The lowest BCUT2D eigenvalue weighted by Gasteiger charge is -2.15. The number of aromatic nitrogens is 2. The predicted octanol–water partition coefficient (Wildman–Crippen LogP) is 2.49. The molecule has 0 bridgehead atoms. The number of nitrogens with zero attached hydrogens (tertiary/aromatic N) is 2. The second kappa shape index (κ2) is 4.89. The van der Waals surface area contributed by atoms with Crippen molar-refractivity contribution >= 4 is 17.0 Å². The van der Waals surface area contributed by atoms with E-state index in [1.165, 1.54) is 6.07 Å². The van der Waals surface area contributed by atoms with E-state index in [1.54, 1.807) is 4.57 Å². The number of benzene rings is 1. The summed E-state index contributed by atoms with van der Waals surface area (Å²) in [4.78, 5) is 3.93. The quantitative estimate of drug-likeness (QED) is 0.913. The zero-order valence-electron chi connectivity index (χ0n) is 10.3. The molecule has 0 fully saturated rings. The lowest BCUT2D eigenvalue weighted by Crippen LogP contribution is -2.14. The van der Waals surface area contributed by atoms with Crippen LogP contribution in [-0.2, 0) is 4.74 Å². The van der Waals surface area contributed by atoms with Crippen LogP contribution in [0.3, 0.4) is 0 Å². The first kappa shape index (κ1) is 12.8. The van der Waals surface area contributed by atoms with Crippen molar-refractivity contribution < 1.29 is 13.5 Å². The molecule has 0 radical (unpaired) electrons. The van der Waals surface area contributed by atoms with E-state index in [1.807, 2.05) is 13.8 Å². The molecule has 1 unspecified atom stereocenters. The molecule has 1 heterocycles. The lowest BCUT2D eigenvalue weighted by molar-refractivity contribution is 0.120. The van der Waals surface area contributed by atoms with Gasteiger partial charge in [0.2, 0.25) is 5.95 Å². The fourth-order valence-electron chi connectivity index (χ4n) is 1.96. The van der Waals surface area contributed by atoms with Gasteiger partial charge in [-0.3, -0.25) is 0 Å². The third-order valence-electron chi connectivity index (χ3n) is 2.74. The number of imidazole rings is 1. The second-order valence-corrected chi connectivity index (χ2v) is 4.10. The maximum atomic E-state index is 13.6. The Morgan fingerprint density at radius 1 is 1.44 bits per heavy atom. The number of halogens is 2. The number of anilines is 1. The summed E-state index contributed by atoms with van der Waals surface area (Å²) in [6, 6.07) is 1.88. The molecule has 0 aliphatic rings. The average molecular weight is 255 g/mol. The van der Waals surface area contributed by atoms with Gasteiger partial charge in [-0.05, 0) is 13.8 Å². The molecule has 1 aromatic carbocycles. The van der Waals surface area contributed by atoms with Crippen LogP contribution in [0.2, 0.25) is 0 Å². The van der Waals surface area contributed by atoms with E-state index in [-0.39, 0.29) is 17.5 Å². The van der Waals surface area contributed by atoms with Gasteiger partial charge in [-0.1, -0.05) is 0 Å². The zero-order chi connectivity index (χ0) is 13.3. The Balaban J connectivity index is 2.52. The Morgan fingerprint density at radius 2 is 2.17 bits per heavy atom. The highest BCUT2D eigenvalue weighted by atomic mass is 19.1. The first-order chi connectivity index (χ1) is 8.54. The molecule has 0 saturated carbocycles. The molecule has 1 atom stereocenters. The fraction of sp³-hybridized carbons (Fsp3) is 0.417. The molecular weight excluding hydrogens is 240 g/mol. The number of nitrogen functional groups attached to an aromatic ring is 1. The maximum absolute atomic E-state index is 13.6. The maximum Gasteiger partial charge on any atom is 0.201 e. The monoisotopic (exact) mass is 255 g/mol. The van der Waals surface area contributed by atoms with Crippen LogP contribution < -0.4 is 5.73 Å². The van der Waals surface area contributed by atoms with Crippen molar-refractivity contribution in [1.82, 2.24) is 9.55 Å². The Morgan fingerprint density at radius 3 is 2.83 bits per heavy atom. The van der Waals surface area contributed by atoms with Crippen LogP contribution in [0.25, 0.3) is 11.0 Å². The van der Waals surface area contributed by atoms with E-state index in [9.17, 15) is 8.78 Å². The molecule has 0 aliphatic carbocycles. The fourth-order valence-corrected chi connectivity index (χ4v) is 1.96. The molecule has 0 saturated heterocycles. The summed E-state index contributed by atoms with van der Waals surface area (Å²) in [6.07, 6.45) is 0. The van der Waals surface area contributed by atoms with Gasteiger partial charge < -0.3 is 15.0 Å². The normalized spacial score (nSPS) is 13.1. The molecule has 0 aliphatic heterocycles. The van der Waals surface area contributed by atoms with Crippen molar-refractivity contribution in [3.63, 3.8) is 0 Å². The van der Waals surface area contributed by atoms with Gasteiger partial charge in [0.05, 0.1) is 18.2 Å². The van der Waals surface area contributed by atoms with Crippen LogP contribution in [0.1, 0.15) is 19.9 Å². The van der Waals surface area contributed by atoms with E-state index in [0.717, 1.165) is 6.07 Å².